The summed E-state index contributed by atoms with van der Waals surface area (Å²) in [5.74, 6) is -0.570. The molecule has 15 heavy (non-hydrogen) atoms. The minimum absolute atomic E-state index is 0.0932. The van der Waals surface area contributed by atoms with E-state index in [9.17, 15) is 14.4 Å². The summed E-state index contributed by atoms with van der Waals surface area (Å²) >= 11 is 0. The lowest BCUT2D eigenvalue weighted by molar-refractivity contribution is -0.119. The zero-order valence-corrected chi connectivity index (χ0v) is 9.08. The van der Waals surface area contributed by atoms with Crippen molar-refractivity contribution in [2.75, 3.05) is 6.54 Å². The van der Waals surface area contributed by atoms with Gasteiger partial charge in [0, 0.05) is 20.4 Å². The summed E-state index contributed by atoms with van der Waals surface area (Å²) in [5, 5.41) is 3.25. The van der Waals surface area contributed by atoms with Crippen LogP contribution in [0.2, 0.25) is 1.41 Å². The van der Waals surface area contributed by atoms with E-state index in [4.69, 9.17) is 1.41 Å². The van der Waals surface area contributed by atoms with E-state index in [0.717, 1.165) is 0 Å². The Bertz CT molecular complexity index is 258. The van der Waals surface area contributed by atoms with Crippen molar-refractivity contribution in [2.24, 2.45) is 0 Å². The Hall–Kier alpha value is -1.39. The number of unbranched alkanes of at least 4 members (excludes halogenated alkanes) is 1. The van der Waals surface area contributed by atoms with Gasteiger partial charge in [0.2, 0.25) is 18.1 Å². The van der Waals surface area contributed by atoms with Crippen molar-refractivity contribution in [1.29, 1.82) is 0 Å². The van der Waals surface area contributed by atoms with Gasteiger partial charge in [-0.25, -0.2) is 0 Å². The second-order valence-corrected chi connectivity index (χ2v) is 3.26. The van der Waals surface area contributed by atoms with Gasteiger partial charge < -0.3 is 10.6 Å². The van der Waals surface area contributed by atoms with E-state index < -0.39 is 11.9 Å². The molecule has 0 aromatic rings. The fraction of sp³-hybridized carbons (Fsp3) is 0.700. The quantitative estimate of drug-likeness (QED) is 0.581. The fourth-order valence-corrected chi connectivity index (χ4v) is 1.10. The summed E-state index contributed by atoms with van der Waals surface area (Å²) in [4.78, 5) is 31.9. The van der Waals surface area contributed by atoms with Crippen LogP contribution in [0.3, 0.4) is 0 Å². The maximum Gasteiger partial charge on any atom is 0.222 e. The first-order valence-corrected chi connectivity index (χ1v) is 4.89. The summed E-state index contributed by atoms with van der Waals surface area (Å²) in [7, 11) is 0. The molecular weight excluding hydrogens is 196 g/mol. The van der Waals surface area contributed by atoms with Crippen LogP contribution in [0.5, 0.6) is 0 Å². The zero-order valence-electron chi connectivity index (χ0n) is 10.1. The number of carbonyl (C=O) groups is 2. The molecule has 0 fully saturated rings. The van der Waals surface area contributed by atoms with E-state index >= 15 is 0 Å². The molecule has 0 aliphatic carbocycles. The van der Waals surface area contributed by atoms with Gasteiger partial charge in [-0.15, -0.1) is 0 Å². The van der Waals surface area contributed by atoms with E-state index in [0.29, 0.717) is 31.1 Å². The number of hydrogen-bond acceptors (Lipinski definition) is 3. The molecule has 85 valence electrons. The SMILES string of the molecule is [2H]N(C(C)=O)[C@H]([C]=O)CCCCNC(C)=O. The second-order valence-electron chi connectivity index (χ2n) is 3.26. The van der Waals surface area contributed by atoms with Gasteiger partial charge in [-0.2, -0.15) is 0 Å². The van der Waals surface area contributed by atoms with Gasteiger partial charge in [-0.3, -0.25) is 14.4 Å². The molecule has 2 amide bonds. The molecule has 0 rings (SSSR count). The largest absolute Gasteiger partial charge is 0.356 e. The maximum absolute atomic E-state index is 10.8. The number of amides is 2. The van der Waals surface area contributed by atoms with E-state index in [2.05, 4.69) is 5.32 Å². The third-order valence-electron chi connectivity index (χ3n) is 1.75. The minimum Gasteiger partial charge on any atom is -0.356 e. The van der Waals surface area contributed by atoms with Crippen LogP contribution in [-0.4, -0.2) is 30.7 Å². The van der Waals surface area contributed by atoms with Gasteiger partial charge in [-0.05, 0) is 19.3 Å². The van der Waals surface area contributed by atoms with E-state index in [1.165, 1.54) is 13.8 Å². The molecule has 0 aromatic heterocycles. The third kappa shape index (κ3) is 8.93. The minimum atomic E-state index is -0.810. The predicted molar refractivity (Wildman–Crippen MR) is 55.8 cm³/mol. The summed E-state index contributed by atoms with van der Waals surface area (Å²) in [6, 6.07) is -0.810. The molecule has 0 aliphatic heterocycles. The van der Waals surface area contributed by atoms with Crippen molar-refractivity contribution in [3.05, 3.63) is 0 Å². The summed E-state index contributed by atoms with van der Waals surface area (Å²) in [5.41, 5.74) is 0. The van der Waals surface area contributed by atoms with Crippen molar-refractivity contribution in [3.8, 4) is 0 Å². The monoisotopic (exact) mass is 214 g/mol. The number of nitrogens with one attached hydrogen (secondary N) is 2. The van der Waals surface area contributed by atoms with E-state index in [-0.39, 0.29) is 5.91 Å². The van der Waals surface area contributed by atoms with Gasteiger partial charge in [0.15, 0.2) is 1.41 Å². The second kappa shape index (κ2) is 7.96. The molecule has 0 spiro atoms. The van der Waals surface area contributed by atoms with E-state index in [1.54, 1.807) is 6.29 Å². The highest BCUT2D eigenvalue weighted by Gasteiger charge is 2.08. The van der Waals surface area contributed by atoms with Crippen LogP contribution in [0.4, 0.5) is 0 Å². The standard InChI is InChI=1S/C10H17N2O3/c1-8(14)11-6-4-3-5-10(7-13)12-9(2)15/h10H,3-6H2,1-2H3,(H,11,14)(H,12,15)/t10-/m0/s1/i/hD. The zero-order chi connectivity index (χ0) is 12.6. The average molecular weight is 214 g/mol. The number of hydrogen-bond donors (Lipinski definition) is 2. The van der Waals surface area contributed by atoms with Gasteiger partial charge in [0.25, 0.3) is 0 Å². The Morgan fingerprint density at radius 1 is 1.33 bits per heavy atom. The van der Waals surface area contributed by atoms with Crippen LogP contribution in [0.25, 0.3) is 0 Å². The van der Waals surface area contributed by atoms with Gasteiger partial charge in [0.05, 0.1) is 6.04 Å². The van der Waals surface area contributed by atoms with Crippen LogP contribution < -0.4 is 10.6 Å². The molecule has 1 atom stereocenters. The lowest BCUT2D eigenvalue weighted by Gasteiger charge is -2.09. The fourth-order valence-electron chi connectivity index (χ4n) is 1.10. The molecule has 1 radical (unpaired) electrons. The molecule has 0 unspecified atom stereocenters. The smallest absolute Gasteiger partial charge is 0.222 e. The van der Waals surface area contributed by atoms with Gasteiger partial charge in [0.1, 0.15) is 0 Å². The lowest BCUT2D eigenvalue weighted by Crippen LogP contribution is -2.34. The molecule has 5 nitrogen and oxygen atoms in total. The average Bonchev–Trinajstić information content (AvgIpc) is 2.22. The Labute approximate surface area is 91.1 Å². The van der Waals surface area contributed by atoms with Crippen LogP contribution in [0.15, 0.2) is 0 Å². The molecular formula is C10H17N2O3. The van der Waals surface area contributed by atoms with Crippen molar-refractivity contribution in [3.63, 3.8) is 0 Å². The molecule has 0 aliphatic rings. The molecule has 2 N–H and O–H groups in total. The first kappa shape index (κ1) is 11.7. The van der Waals surface area contributed by atoms with Crippen LogP contribution >= 0.6 is 0 Å². The van der Waals surface area contributed by atoms with Crippen LogP contribution in [0, 0.1) is 0 Å². The summed E-state index contributed by atoms with van der Waals surface area (Å²) < 4.78 is 7.28. The Morgan fingerprint density at radius 3 is 2.47 bits per heavy atom. The number of rotatable bonds is 7. The normalized spacial score (nSPS) is 12.5. The van der Waals surface area contributed by atoms with Crippen LogP contribution in [0.1, 0.15) is 33.1 Å². The molecule has 5 heteroatoms. The highest BCUT2D eigenvalue weighted by molar-refractivity contribution is 5.77. The first-order chi connectivity index (χ1) is 7.49. The van der Waals surface area contributed by atoms with Crippen molar-refractivity contribution in [1.82, 2.24) is 10.6 Å². The van der Waals surface area contributed by atoms with Crippen molar-refractivity contribution >= 4 is 18.1 Å². The first-order valence-electron chi connectivity index (χ1n) is 5.34. The van der Waals surface area contributed by atoms with Gasteiger partial charge in [-0.1, -0.05) is 0 Å². The highest BCUT2D eigenvalue weighted by Crippen LogP contribution is 1.98. The topological polar surface area (TPSA) is 75.3 Å². The Kier molecular flexibility index (Phi) is 6.20. The van der Waals surface area contributed by atoms with E-state index in [1.807, 2.05) is 0 Å². The lowest BCUT2D eigenvalue weighted by atomic mass is 10.1. The van der Waals surface area contributed by atoms with Crippen LogP contribution in [-0.2, 0) is 14.4 Å². The number of carbonyl (C=O) groups excluding carboxylic acids is 3. The molecule has 0 saturated heterocycles. The molecule has 0 aromatic carbocycles. The van der Waals surface area contributed by atoms with Gasteiger partial charge >= 0.3 is 0 Å². The van der Waals surface area contributed by atoms with Crippen molar-refractivity contribution in [2.45, 2.75) is 39.2 Å². The summed E-state index contributed by atoms with van der Waals surface area (Å²) in [6.45, 7) is 3.21. The predicted octanol–water partition coefficient (Wildman–Crippen LogP) is -0.0928. The van der Waals surface area contributed by atoms with Crippen molar-refractivity contribution < 1.29 is 15.8 Å². The summed E-state index contributed by atoms with van der Waals surface area (Å²) in [6.07, 6.45) is 3.43. The Morgan fingerprint density at radius 2 is 2.00 bits per heavy atom. The maximum atomic E-state index is 10.8. The highest BCUT2D eigenvalue weighted by atomic mass is 16.2. The third-order valence-corrected chi connectivity index (χ3v) is 1.75. The molecule has 0 heterocycles. The molecule has 0 bridgehead atoms. The Balaban J connectivity index is 3.75. The molecule has 0 saturated carbocycles.